The van der Waals surface area contributed by atoms with Gasteiger partial charge in [-0.05, 0) is 49.1 Å². The van der Waals surface area contributed by atoms with E-state index in [1.807, 2.05) is 0 Å². The summed E-state index contributed by atoms with van der Waals surface area (Å²) in [5.74, 6) is 0.981. The fourth-order valence-corrected chi connectivity index (χ4v) is 3.56. The van der Waals surface area contributed by atoms with Crippen molar-refractivity contribution in [1.29, 1.82) is 0 Å². The van der Waals surface area contributed by atoms with Crippen LogP contribution in [0.25, 0.3) is 0 Å². The van der Waals surface area contributed by atoms with Crippen molar-refractivity contribution >= 4 is 17.5 Å². The normalized spacial score (nSPS) is 27.3. The lowest BCUT2D eigenvalue weighted by Crippen LogP contribution is -2.39. The number of fused-ring (bicyclic) bond motifs is 2. The SMILES string of the molecule is O=C(NC[C@H]1C[C@H]2CC[C@H]1C2)C(=O)Nc1cccnc1. The van der Waals surface area contributed by atoms with Gasteiger partial charge in [0.05, 0.1) is 11.9 Å². The molecule has 3 atom stereocenters. The van der Waals surface area contributed by atoms with Gasteiger partial charge in [0.2, 0.25) is 0 Å². The van der Waals surface area contributed by atoms with Gasteiger partial charge in [-0.3, -0.25) is 14.6 Å². The van der Waals surface area contributed by atoms with Crippen LogP contribution in [-0.2, 0) is 9.59 Å². The summed E-state index contributed by atoms with van der Waals surface area (Å²) in [6, 6.07) is 3.41. The van der Waals surface area contributed by atoms with Crippen molar-refractivity contribution in [2.75, 3.05) is 11.9 Å². The molecule has 0 radical (unpaired) electrons. The molecule has 2 bridgehead atoms. The predicted molar refractivity (Wildman–Crippen MR) is 74.8 cm³/mol. The zero-order valence-electron chi connectivity index (χ0n) is 11.3. The minimum Gasteiger partial charge on any atom is -0.348 e. The van der Waals surface area contributed by atoms with E-state index in [0.29, 0.717) is 18.2 Å². The van der Waals surface area contributed by atoms with Gasteiger partial charge in [0.15, 0.2) is 0 Å². The number of amides is 2. The smallest absolute Gasteiger partial charge is 0.313 e. The van der Waals surface area contributed by atoms with Crippen LogP contribution in [0.2, 0.25) is 0 Å². The van der Waals surface area contributed by atoms with E-state index in [-0.39, 0.29) is 0 Å². The number of rotatable bonds is 3. The highest BCUT2D eigenvalue weighted by Gasteiger charge is 2.39. The lowest BCUT2D eigenvalue weighted by atomic mass is 9.89. The number of hydrogen-bond acceptors (Lipinski definition) is 3. The van der Waals surface area contributed by atoms with Crippen LogP contribution in [0.4, 0.5) is 5.69 Å². The Morgan fingerprint density at radius 1 is 1.25 bits per heavy atom. The highest BCUT2D eigenvalue weighted by molar-refractivity contribution is 6.39. The van der Waals surface area contributed by atoms with Crippen molar-refractivity contribution in [3.05, 3.63) is 24.5 Å². The van der Waals surface area contributed by atoms with Gasteiger partial charge in [-0.25, -0.2) is 0 Å². The predicted octanol–water partition coefficient (Wildman–Crippen LogP) is 1.57. The first-order chi connectivity index (χ1) is 9.72. The molecular formula is C15H19N3O2. The molecule has 2 saturated carbocycles. The number of hydrogen-bond donors (Lipinski definition) is 2. The Bertz CT molecular complexity index is 503. The number of pyridine rings is 1. The number of nitrogens with zero attached hydrogens (tertiary/aromatic N) is 1. The molecule has 1 aromatic heterocycles. The molecule has 0 spiro atoms. The molecule has 3 rings (SSSR count). The van der Waals surface area contributed by atoms with Crippen molar-refractivity contribution < 1.29 is 9.59 Å². The minimum absolute atomic E-state index is 0.535. The lowest BCUT2D eigenvalue weighted by molar-refractivity contribution is -0.136. The summed E-state index contributed by atoms with van der Waals surface area (Å²) in [6.07, 6.45) is 8.27. The van der Waals surface area contributed by atoms with Crippen LogP contribution in [0.3, 0.4) is 0 Å². The van der Waals surface area contributed by atoms with Crippen LogP contribution in [-0.4, -0.2) is 23.3 Å². The Kier molecular flexibility index (Phi) is 3.67. The quantitative estimate of drug-likeness (QED) is 0.821. The molecule has 5 nitrogen and oxygen atoms in total. The Balaban J connectivity index is 1.46. The van der Waals surface area contributed by atoms with Crippen LogP contribution in [0.5, 0.6) is 0 Å². The maximum absolute atomic E-state index is 11.8. The number of carbonyl (C=O) groups excluding carboxylic acids is 2. The largest absolute Gasteiger partial charge is 0.348 e. The Morgan fingerprint density at radius 3 is 2.80 bits per heavy atom. The second-order valence-corrected chi connectivity index (χ2v) is 5.84. The molecular weight excluding hydrogens is 254 g/mol. The second-order valence-electron chi connectivity index (χ2n) is 5.84. The zero-order valence-corrected chi connectivity index (χ0v) is 11.3. The first-order valence-corrected chi connectivity index (χ1v) is 7.21. The van der Waals surface area contributed by atoms with E-state index in [1.54, 1.807) is 18.3 Å². The van der Waals surface area contributed by atoms with Gasteiger partial charge in [0, 0.05) is 12.7 Å². The highest BCUT2D eigenvalue weighted by Crippen LogP contribution is 2.47. The van der Waals surface area contributed by atoms with Crippen LogP contribution in [0, 0.1) is 17.8 Å². The first-order valence-electron chi connectivity index (χ1n) is 7.21. The maximum Gasteiger partial charge on any atom is 0.313 e. The molecule has 2 aliphatic carbocycles. The average Bonchev–Trinajstić information content (AvgIpc) is 3.08. The van der Waals surface area contributed by atoms with Crippen molar-refractivity contribution in [2.24, 2.45) is 17.8 Å². The molecule has 2 amide bonds. The minimum atomic E-state index is -0.624. The summed E-state index contributed by atoms with van der Waals surface area (Å²) < 4.78 is 0. The summed E-state index contributed by atoms with van der Waals surface area (Å²) >= 11 is 0. The number of anilines is 1. The molecule has 0 saturated heterocycles. The lowest BCUT2D eigenvalue weighted by Gasteiger charge is -2.21. The Hall–Kier alpha value is -1.91. The number of nitrogens with one attached hydrogen (secondary N) is 2. The molecule has 1 aromatic rings. The average molecular weight is 273 g/mol. The third-order valence-corrected chi connectivity index (χ3v) is 4.53. The van der Waals surface area contributed by atoms with E-state index in [4.69, 9.17) is 0 Å². The van der Waals surface area contributed by atoms with E-state index >= 15 is 0 Å². The molecule has 0 unspecified atom stereocenters. The Morgan fingerprint density at radius 2 is 2.15 bits per heavy atom. The van der Waals surface area contributed by atoms with E-state index < -0.39 is 11.8 Å². The third kappa shape index (κ3) is 2.81. The zero-order chi connectivity index (χ0) is 13.9. The second kappa shape index (κ2) is 5.61. The summed E-state index contributed by atoms with van der Waals surface area (Å²) in [5.41, 5.74) is 0.535. The summed E-state index contributed by atoms with van der Waals surface area (Å²) in [7, 11) is 0. The van der Waals surface area contributed by atoms with Crippen molar-refractivity contribution in [2.45, 2.75) is 25.7 Å². The topological polar surface area (TPSA) is 71.1 Å². The first kappa shape index (κ1) is 13.1. The van der Waals surface area contributed by atoms with Gasteiger partial charge in [-0.1, -0.05) is 6.42 Å². The van der Waals surface area contributed by atoms with Crippen LogP contribution in [0.15, 0.2) is 24.5 Å². The molecule has 106 valence electrons. The van der Waals surface area contributed by atoms with Crippen LogP contribution in [0.1, 0.15) is 25.7 Å². The van der Waals surface area contributed by atoms with E-state index in [1.165, 1.54) is 31.9 Å². The summed E-state index contributed by atoms with van der Waals surface area (Å²) in [6.45, 7) is 0.625. The van der Waals surface area contributed by atoms with Gasteiger partial charge in [-0.15, -0.1) is 0 Å². The van der Waals surface area contributed by atoms with Gasteiger partial charge in [0.1, 0.15) is 0 Å². The highest BCUT2D eigenvalue weighted by atomic mass is 16.2. The molecule has 5 heteroatoms. The molecule has 0 aliphatic heterocycles. The molecule has 0 aromatic carbocycles. The molecule has 2 aliphatic rings. The van der Waals surface area contributed by atoms with Gasteiger partial charge in [0.25, 0.3) is 0 Å². The maximum atomic E-state index is 11.8. The standard InChI is InChI=1S/C15H19N3O2/c19-14(15(20)18-13-2-1-5-16-9-13)17-8-12-7-10-3-4-11(12)6-10/h1-2,5,9-12H,3-4,6-8H2,(H,17,19)(H,18,20)/t10-,11-,12+/m0/s1. The van der Waals surface area contributed by atoms with Crippen molar-refractivity contribution in [3.63, 3.8) is 0 Å². The fraction of sp³-hybridized carbons (Fsp3) is 0.533. The van der Waals surface area contributed by atoms with Crippen LogP contribution < -0.4 is 10.6 Å². The van der Waals surface area contributed by atoms with E-state index in [9.17, 15) is 9.59 Å². The molecule has 1 heterocycles. The monoisotopic (exact) mass is 273 g/mol. The van der Waals surface area contributed by atoms with E-state index in [0.717, 1.165) is 11.8 Å². The summed E-state index contributed by atoms with van der Waals surface area (Å²) in [5, 5.41) is 5.30. The molecule has 2 N–H and O–H groups in total. The molecule has 20 heavy (non-hydrogen) atoms. The van der Waals surface area contributed by atoms with Gasteiger partial charge < -0.3 is 10.6 Å². The van der Waals surface area contributed by atoms with Crippen molar-refractivity contribution in [1.82, 2.24) is 10.3 Å². The third-order valence-electron chi connectivity index (χ3n) is 4.53. The van der Waals surface area contributed by atoms with Gasteiger partial charge >= 0.3 is 11.8 Å². The van der Waals surface area contributed by atoms with Crippen LogP contribution >= 0.6 is 0 Å². The van der Waals surface area contributed by atoms with Gasteiger partial charge in [-0.2, -0.15) is 0 Å². The molecule has 2 fully saturated rings. The van der Waals surface area contributed by atoms with Crippen molar-refractivity contribution in [3.8, 4) is 0 Å². The number of carbonyl (C=O) groups is 2. The van der Waals surface area contributed by atoms with E-state index in [2.05, 4.69) is 15.6 Å². The fourth-order valence-electron chi connectivity index (χ4n) is 3.56. The Labute approximate surface area is 118 Å². The number of aromatic nitrogens is 1. The summed E-state index contributed by atoms with van der Waals surface area (Å²) in [4.78, 5) is 27.4.